The summed E-state index contributed by atoms with van der Waals surface area (Å²) in [5.74, 6) is 0.852. The molecule has 5 nitrogen and oxygen atoms in total. The maximum absolute atomic E-state index is 10.7. The summed E-state index contributed by atoms with van der Waals surface area (Å²) >= 11 is 0. The average molecular weight is 227 g/mol. The van der Waals surface area contributed by atoms with E-state index in [1.165, 1.54) is 12.1 Å². The summed E-state index contributed by atoms with van der Waals surface area (Å²) in [6.45, 7) is 0. The highest BCUT2D eigenvalue weighted by Crippen LogP contribution is 2.35. The van der Waals surface area contributed by atoms with Gasteiger partial charge in [0, 0.05) is 17.7 Å². The zero-order valence-electron chi connectivity index (χ0n) is 8.81. The number of fused-ring (bicyclic) bond motifs is 1. The van der Waals surface area contributed by atoms with E-state index in [1.807, 2.05) is 24.3 Å². The van der Waals surface area contributed by atoms with Crippen LogP contribution in [0.5, 0.6) is 0 Å². The van der Waals surface area contributed by atoms with Gasteiger partial charge >= 0.3 is 0 Å². The van der Waals surface area contributed by atoms with Crippen LogP contribution in [0.1, 0.15) is 0 Å². The van der Waals surface area contributed by atoms with Gasteiger partial charge in [0.2, 0.25) is 0 Å². The molecule has 1 aliphatic carbocycles. The summed E-state index contributed by atoms with van der Waals surface area (Å²) in [4.78, 5) is 10.3. The number of nitro benzene ring substituents is 1. The molecule has 0 saturated heterocycles. The second kappa shape index (κ2) is 3.48. The molecule has 2 N–H and O–H groups in total. The SMILES string of the molecule is O=[N+]([O-])c1ccc2c(c1)NC(=C1C=CC=C1)N2. The van der Waals surface area contributed by atoms with Gasteiger partial charge in [-0.15, -0.1) is 0 Å². The predicted octanol–water partition coefficient (Wildman–Crippen LogP) is 2.77. The van der Waals surface area contributed by atoms with Gasteiger partial charge in [-0.2, -0.15) is 0 Å². The Morgan fingerprint density at radius 2 is 1.76 bits per heavy atom. The first-order chi connectivity index (χ1) is 8.24. The molecule has 0 unspecified atom stereocenters. The normalized spacial score (nSPS) is 15.8. The second-order valence-electron chi connectivity index (χ2n) is 3.79. The lowest BCUT2D eigenvalue weighted by Gasteiger charge is -2.01. The molecule has 1 aliphatic heterocycles. The van der Waals surface area contributed by atoms with Crippen LogP contribution in [0.3, 0.4) is 0 Å². The monoisotopic (exact) mass is 227 g/mol. The lowest BCUT2D eigenvalue weighted by Crippen LogP contribution is -2.01. The fourth-order valence-corrected chi connectivity index (χ4v) is 1.84. The third-order valence-corrected chi connectivity index (χ3v) is 2.68. The van der Waals surface area contributed by atoms with Crippen LogP contribution in [0.2, 0.25) is 0 Å². The summed E-state index contributed by atoms with van der Waals surface area (Å²) in [6.07, 6.45) is 7.82. The van der Waals surface area contributed by atoms with Gasteiger partial charge in [-0.25, -0.2) is 0 Å². The minimum absolute atomic E-state index is 0.0850. The highest BCUT2D eigenvalue weighted by Gasteiger charge is 2.19. The van der Waals surface area contributed by atoms with Crippen LogP contribution in [0.4, 0.5) is 17.1 Å². The molecule has 1 aromatic carbocycles. The molecule has 5 heteroatoms. The van der Waals surface area contributed by atoms with Crippen molar-refractivity contribution in [3.8, 4) is 0 Å². The molecule has 0 radical (unpaired) electrons. The molecule has 0 bridgehead atoms. The van der Waals surface area contributed by atoms with E-state index >= 15 is 0 Å². The minimum atomic E-state index is -0.400. The maximum atomic E-state index is 10.7. The fraction of sp³-hybridized carbons (Fsp3) is 0. The lowest BCUT2D eigenvalue weighted by molar-refractivity contribution is -0.384. The van der Waals surface area contributed by atoms with Gasteiger partial charge in [-0.05, 0) is 6.07 Å². The Labute approximate surface area is 97.3 Å². The Morgan fingerprint density at radius 3 is 2.47 bits per heavy atom. The van der Waals surface area contributed by atoms with E-state index in [0.29, 0.717) is 0 Å². The molecule has 2 aliphatic rings. The number of benzene rings is 1. The molecule has 0 atom stereocenters. The van der Waals surface area contributed by atoms with Gasteiger partial charge in [0.25, 0.3) is 5.69 Å². The van der Waals surface area contributed by atoms with Crippen LogP contribution >= 0.6 is 0 Å². The van der Waals surface area contributed by atoms with Crippen LogP contribution in [-0.4, -0.2) is 4.92 Å². The molecule has 0 spiro atoms. The Balaban J connectivity index is 1.99. The van der Waals surface area contributed by atoms with Crippen LogP contribution < -0.4 is 10.6 Å². The zero-order chi connectivity index (χ0) is 11.8. The molecule has 84 valence electrons. The number of hydrogen-bond acceptors (Lipinski definition) is 4. The number of nitro groups is 1. The fourth-order valence-electron chi connectivity index (χ4n) is 1.84. The molecule has 0 saturated carbocycles. The van der Waals surface area contributed by atoms with E-state index < -0.39 is 4.92 Å². The number of non-ortho nitro benzene ring substituents is 1. The standard InChI is InChI=1S/C12H9N3O2/c16-15(17)9-5-6-10-11(7-9)14-12(13-10)8-3-1-2-4-8/h1-7,13-14H. The summed E-state index contributed by atoms with van der Waals surface area (Å²) < 4.78 is 0. The van der Waals surface area contributed by atoms with Crippen molar-refractivity contribution in [2.24, 2.45) is 0 Å². The molecule has 17 heavy (non-hydrogen) atoms. The average Bonchev–Trinajstić information content (AvgIpc) is 2.96. The quantitative estimate of drug-likeness (QED) is 0.571. The third-order valence-electron chi connectivity index (χ3n) is 2.68. The Bertz CT molecular complexity index is 586. The smallest absolute Gasteiger partial charge is 0.271 e. The first-order valence-electron chi connectivity index (χ1n) is 5.15. The van der Waals surface area contributed by atoms with Crippen LogP contribution in [-0.2, 0) is 0 Å². The van der Waals surface area contributed by atoms with Crippen molar-refractivity contribution in [3.05, 3.63) is 64.0 Å². The Morgan fingerprint density at radius 1 is 1.06 bits per heavy atom. The third kappa shape index (κ3) is 1.57. The summed E-state index contributed by atoms with van der Waals surface area (Å²) in [5.41, 5.74) is 2.70. The van der Waals surface area contributed by atoms with Gasteiger partial charge in [0.05, 0.1) is 16.3 Å². The van der Waals surface area contributed by atoms with E-state index in [1.54, 1.807) is 6.07 Å². The van der Waals surface area contributed by atoms with Crippen molar-refractivity contribution >= 4 is 17.1 Å². The minimum Gasteiger partial charge on any atom is -0.340 e. The Hall–Kier alpha value is -2.56. The van der Waals surface area contributed by atoms with Crippen LogP contribution in [0, 0.1) is 10.1 Å². The van der Waals surface area contributed by atoms with Crippen molar-refractivity contribution in [2.45, 2.75) is 0 Å². The Kier molecular flexibility index (Phi) is 1.98. The van der Waals surface area contributed by atoms with Crippen molar-refractivity contribution in [1.82, 2.24) is 0 Å². The van der Waals surface area contributed by atoms with Gasteiger partial charge in [0.15, 0.2) is 0 Å². The van der Waals surface area contributed by atoms with E-state index in [9.17, 15) is 10.1 Å². The number of nitrogens with one attached hydrogen (secondary N) is 2. The molecule has 0 fully saturated rings. The summed E-state index contributed by atoms with van der Waals surface area (Å²) in [5, 5.41) is 17.0. The number of hydrogen-bond donors (Lipinski definition) is 2. The number of anilines is 2. The summed E-state index contributed by atoms with van der Waals surface area (Å²) in [6, 6.07) is 4.72. The van der Waals surface area contributed by atoms with Gasteiger partial charge in [0.1, 0.15) is 5.82 Å². The highest BCUT2D eigenvalue weighted by molar-refractivity contribution is 5.82. The lowest BCUT2D eigenvalue weighted by atomic mass is 10.2. The highest BCUT2D eigenvalue weighted by atomic mass is 16.6. The predicted molar refractivity (Wildman–Crippen MR) is 65.6 cm³/mol. The van der Waals surface area contributed by atoms with E-state index in [4.69, 9.17) is 0 Å². The second-order valence-corrected chi connectivity index (χ2v) is 3.79. The van der Waals surface area contributed by atoms with Crippen molar-refractivity contribution in [1.29, 1.82) is 0 Å². The van der Waals surface area contributed by atoms with Crippen molar-refractivity contribution < 1.29 is 4.92 Å². The molecule has 1 aromatic rings. The molecule has 0 aromatic heterocycles. The van der Waals surface area contributed by atoms with Gasteiger partial charge in [-0.1, -0.05) is 24.3 Å². The number of nitrogens with zero attached hydrogens (tertiary/aromatic N) is 1. The maximum Gasteiger partial charge on any atom is 0.271 e. The van der Waals surface area contributed by atoms with Crippen molar-refractivity contribution in [3.63, 3.8) is 0 Å². The number of allylic oxidation sites excluding steroid dienone is 5. The topological polar surface area (TPSA) is 67.2 Å². The zero-order valence-corrected chi connectivity index (χ0v) is 8.81. The van der Waals surface area contributed by atoms with Crippen LogP contribution in [0.15, 0.2) is 53.9 Å². The summed E-state index contributed by atoms with van der Waals surface area (Å²) in [7, 11) is 0. The van der Waals surface area contributed by atoms with E-state index in [2.05, 4.69) is 10.6 Å². The van der Waals surface area contributed by atoms with Crippen LogP contribution in [0.25, 0.3) is 0 Å². The van der Waals surface area contributed by atoms with Crippen molar-refractivity contribution in [2.75, 3.05) is 10.6 Å². The molecule has 3 rings (SSSR count). The number of rotatable bonds is 1. The van der Waals surface area contributed by atoms with Gasteiger partial charge in [-0.3, -0.25) is 10.1 Å². The molecular weight excluding hydrogens is 218 g/mol. The molecular formula is C12H9N3O2. The first kappa shape index (κ1) is 9.65. The van der Waals surface area contributed by atoms with E-state index in [-0.39, 0.29) is 5.69 Å². The largest absolute Gasteiger partial charge is 0.340 e. The molecule has 1 heterocycles. The van der Waals surface area contributed by atoms with E-state index in [0.717, 1.165) is 22.8 Å². The van der Waals surface area contributed by atoms with Gasteiger partial charge < -0.3 is 10.6 Å². The first-order valence-corrected chi connectivity index (χ1v) is 5.15. The molecule has 0 amide bonds.